The number of esters is 1. The molecule has 4 N–H and O–H groups in total. The zero-order valence-electron chi connectivity index (χ0n) is 12.9. The molecule has 0 aromatic heterocycles. The summed E-state index contributed by atoms with van der Waals surface area (Å²) in [5, 5.41) is 37.0. The molecule has 8 heteroatoms. The van der Waals surface area contributed by atoms with Crippen molar-refractivity contribution in [3.05, 3.63) is 47.4 Å². The molecule has 0 bridgehead atoms. The van der Waals surface area contributed by atoms with Crippen molar-refractivity contribution in [2.75, 3.05) is 19.8 Å². The Bertz CT molecular complexity index is 571. The Hall–Kier alpha value is -2.13. The van der Waals surface area contributed by atoms with Gasteiger partial charge in [0.2, 0.25) is 5.76 Å². The molecule has 0 saturated heterocycles. The van der Waals surface area contributed by atoms with Gasteiger partial charge in [0.25, 0.3) is 0 Å². The molecule has 0 radical (unpaired) electrons. The largest absolute Gasteiger partial charge is 0.487 e. The Balaban J connectivity index is 2.16. The average molecular weight is 340 g/mol. The summed E-state index contributed by atoms with van der Waals surface area (Å²) in [6.07, 6.45) is -3.80. The first-order valence-electron chi connectivity index (χ1n) is 7.39. The van der Waals surface area contributed by atoms with Gasteiger partial charge in [-0.1, -0.05) is 30.3 Å². The molecule has 1 unspecified atom stereocenters. The molecular weight excluding hydrogens is 320 g/mol. The van der Waals surface area contributed by atoms with Gasteiger partial charge in [0.1, 0.15) is 25.4 Å². The minimum absolute atomic E-state index is 0.0721. The van der Waals surface area contributed by atoms with Crippen LogP contribution in [0.25, 0.3) is 0 Å². The molecule has 1 aromatic rings. The highest BCUT2D eigenvalue weighted by Crippen LogP contribution is 2.28. The van der Waals surface area contributed by atoms with Crippen molar-refractivity contribution in [1.29, 1.82) is 0 Å². The van der Waals surface area contributed by atoms with Crippen LogP contribution in [-0.2, 0) is 25.6 Å². The molecule has 0 spiro atoms. The topological polar surface area (TPSA) is 126 Å². The normalized spacial score (nSPS) is 19.8. The van der Waals surface area contributed by atoms with E-state index in [2.05, 4.69) is 0 Å². The van der Waals surface area contributed by atoms with Crippen molar-refractivity contribution in [3.8, 4) is 0 Å². The van der Waals surface area contributed by atoms with Crippen LogP contribution < -0.4 is 0 Å². The molecule has 0 saturated carbocycles. The van der Waals surface area contributed by atoms with Gasteiger partial charge >= 0.3 is 5.97 Å². The summed E-state index contributed by atoms with van der Waals surface area (Å²) in [7, 11) is 0. The van der Waals surface area contributed by atoms with E-state index in [0.29, 0.717) is 0 Å². The first-order valence-corrected chi connectivity index (χ1v) is 7.39. The second kappa shape index (κ2) is 8.65. The molecule has 3 atom stereocenters. The fraction of sp³-hybridized carbons (Fsp3) is 0.438. The number of hydrogen-bond acceptors (Lipinski definition) is 8. The molecule has 1 aromatic carbocycles. The monoisotopic (exact) mass is 340 g/mol. The third-order valence-corrected chi connectivity index (χ3v) is 3.31. The molecule has 1 heterocycles. The zero-order valence-corrected chi connectivity index (χ0v) is 12.9. The molecule has 1 aliphatic heterocycles. The highest BCUT2D eigenvalue weighted by Gasteiger charge is 2.42. The number of aliphatic hydroxyl groups is 4. The van der Waals surface area contributed by atoms with Crippen LogP contribution in [0.1, 0.15) is 5.56 Å². The number of ether oxygens (including phenoxy) is 3. The van der Waals surface area contributed by atoms with Crippen molar-refractivity contribution in [2.24, 2.45) is 0 Å². The molecule has 2 rings (SSSR count). The van der Waals surface area contributed by atoms with E-state index < -0.39 is 37.5 Å². The second-order valence-corrected chi connectivity index (χ2v) is 5.19. The summed E-state index contributed by atoms with van der Waals surface area (Å²) in [6.45, 7) is -1.44. The fourth-order valence-corrected chi connectivity index (χ4v) is 2.05. The third kappa shape index (κ3) is 4.45. The highest BCUT2D eigenvalue weighted by molar-refractivity contribution is 5.89. The first kappa shape index (κ1) is 18.2. The number of carbonyl (C=O) groups excluding carboxylic acids is 1. The number of cyclic esters (lactones) is 1. The first-order chi connectivity index (χ1) is 11.6. The molecule has 8 nitrogen and oxygen atoms in total. The van der Waals surface area contributed by atoms with Crippen LogP contribution in [0.4, 0.5) is 0 Å². The van der Waals surface area contributed by atoms with Crippen molar-refractivity contribution in [1.82, 2.24) is 0 Å². The van der Waals surface area contributed by atoms with E-state index in [1.165, 1.54) is 0 Å². The van der Waals surface area contributed by atoms with Gasteiger partial charge in [-0.2, -0.15) is 0 Å². The number of rotatable bonds is 9. The lowest BCUT2D eigenvalue weighted by atomic mass is 10.2. The quantitative estimate of drug-likeness (QED) is 0.425. The van der Waals surface area contributed by atoms with E-state index in [4.69, 9.17) is 24.4 Å². The van der Waals surface area contributed by atoms with Gasteiger partial charge in [0.05, 0.1) is 13.2 Å². The standard InChI is InChI=1S/C16H20O8/c17-6-11(19)9-23-14-13(12(20)7-18)24-16(21)15(14)22-8-10-4-2-1-3-5-10/h1-5,11-13,17-20H,6-9H2/t11?,12-,13+/m0/s1. The minimum atomic E-state index is -1.40. The molecule has 1 aliphatic rings. The van der Waals surface area contributed by atoms with Gasteiger partial charge < -0.3 is 34.6 Å². The van der Waals surface area contributed by atoms with Crippen LogP contribution in [0.15, 0.2) is 41.9 Å². The summed E-state index contributed by atoms with van der Waals surface area (Å²) < 4.78 is 15.7. The molecule has 0 aliphatic carbocycles. The summed E-state index contributed by atoms with van der Waals surface area (Å²) in [5.74, 6) is -1.19. The molecular formula is C16H20O8. The van der Waals surface area contributed by atoms with E-state index in [1.54, 1.807) is 12.1 Å². The van der Waals surface area contributed by atoms with Gasteiger partial charge in [-0.3, -0.25) is 0 Å². The van der Waals surface area contributed by atoms with Gasteiger partial charge in [0, 0.05) is 0 Å². The SMILES string of the molecule is O=C1O[C@H]([C@@H](O)CO)C(OCC(O)CO)=C1OCc1ccccc1. The highest BCUT2D eigenvalue weighted by atomic mass is 16.6. The summed E-state index contributed by atoms with van der Waals surface area (Å²) in [6, 6.07) is 9.07. The Labute approximate surface area is 138 Å². The lowest BCUT2D eigenvalue weighted by molar-refractivity contribution is -0.149. The van der Waals surface area contributed by atoms with E-state index >= 15 is 0 Å². The summed E-state index contributed by atoms with van der Waals surface area (Å²) >= 11 is 0. The van der Waals surface area contributed by atoms with Crippen molar-refractivity contribution in [2.45, 2.75) is 24.9 Å². The summed E-state index contributed by atoms with van der Waals surface area (Å²) in [5.41, 5.74) is 0.804. The minimum Gasteiger partial charge on any atom is -0.487 e. The van der Waals surface area contributed by atoms with Gasteiger partial charge in [0.15, 0.2) is 11.9 Å². The van der Waals surface area contributed by atoms with Crippen molar-refractivity contribution in [3.63, 3.8) is 0 Å². The maximum absolute atomic E-state index is 12.0. The molecule has 132 valence electrons. The maximum atomic E-state index is 12.0. The molecule has 24 heavy (non-hydrogen) atoms. The predicted molar refractivity (Wildman–Crippen MR) is 80.3 cm³/mol. The van der Waals surface area contributed by atoms with Crippen LogP contribution in [0, 0.1) is 0 Å². The third-order valence-electron chi connectivity index (χ3n) is 3.31. The lowest BCUT2D eigenvalue weighted by Gasteiger charge is -2.19. The Morgan fingerprint density at radius 3 is 2.42 bits per heavy atom. The van der Waals surface area contributed by atoms with Gasteiger partial charge in [-0.15, -0.1) is 0 Å². The smallest absolute Gasteiger partial charge is 0.378 e. The fourth-order valence-electron chi connectivity index (χ4n) is 2.05. The maximum Gasteiger partial charge on any atom is 0.378 e. The zero-order chi connectivity index (χ0) is 17.5. The van der Waals surface area contributed by atoms with E-state index in [0.717, 1.165) is 5.56 Å². The molecule has 0 amide bonds. The number of benzene rings is 1. The summed E-state index contributed by atoms with van der Waals surface area (Å²) in [4.78, 5) is 12.0. The number of aliphatic hydroxyl groups excluding tert-OH is 4. The Kier molecular flexibility index (Phi) is 6.56. The molecule has 0 fully saturated rings. The second-order valence-electron chi connectivity index (χ2n) is 5.19. The lowest BCUT2D eigenvalue weighted by Crippen LogP contribution is -2.33. The van der Waals surface area contributed by atoms with E-state index in [1.807, 2.05) is 18.2 Å². The van der Waals surface area contributed by atoms with E-state index in [9.17, 15) is 15.0 Å². The van der Waals surface area contributed by atoms with Crippen LogP contribution >= 0.6 is 0 Å². The number of hydrogen-bond donors (Lipinski definition) is 4. The number of carbonyl (C=O) groups is 1. The van der Waals surface area contributed by atoms with Crippen LogP contribution in [0.3, 0.4) is 0 Å². The average Bonchev–Trinajstić information content (AvgIpc) is 2.93. The Morgan fingerprint density at radius 1 is 1.08 bits per heavy atom. The Morgan fingerprint density at radius 2 is 1.79 bits per heavy atom. The van der Waals surface area contributed by atoms with Gasteiger partial charge in [-0.05, 0) is 5.56 Å². The van der Waals surface area contributed by atoms with Crippen molar-refractivity contribution < 1.29 is 39.4 Å². The van der Waals surface area contributed by atoms with Crippen LogP contribution in [0.5, 0.6) is 0 Å². The van der Waals surface area contributed by atoms with Gasteiger partial charge in [-0.25, -0.2) is 4.79 Å². The predicted octanol–water partition coefficient (Wildman–Crippen LogP) is -0.937. The van der Waals surface area contributed by atoms with Crippen LogP contribution in [0.2, 0.25) is 0 Å². The van der Waals surface area contributed by atoms with E-state index in [-0.39, 0.29) is 24.7 Å². The van der Waals surface area contributed by atoms with Crippen LogP contribution in [-0.4, -0.2) is 64.5 Å². The van der Waals surface area contributed by atoms with Crippen molar-refractivity contribution >= 4 is 5.97 Å².